The van der Waals surface area contributed by atoms with Crippen LogP contribution in [0.4, 0.5) is 0 Å². The lowest BCUT2D eigenvalue weighted by molar-refractivity contribution is -0.122. The third kappa shape index (κ3) is 2.59. The van der Waals surface area contributed by atoms with E-state index in [1.165, 1.54) is 6.29 Å². The van der Waals surface area contributed by atoms with Crippen LogP contribution in [0.25, 0.3) is 0 Å². The molecule has 0 radical (unpaired) electrons. The van der Waals surface area contributed by atoms with Crippen LogP contribution in [-0.2, 0) is 9.22 Å². The number of aldehydes is 1. The van der Waals surface area contributed by atoms with Crippen molar-refractivity contribution >= 4 is 14.6 Å². The van der Waals surface area contributed by atoms with Gasteiger partial charge in [0, 0.05) is 12.0 Å². The first-order valence-electron chi connectivity index (χ1n) is 9.02. The largest absolute Gasteiger partial charge is 0.416 e. The van der Waals surface area contributed by atoms with Gasteiger partial charge in [0.05, 0.1) is 5.41 Å². The molecule has 3 heteroatoms. The van der Waals surface area contributed by atoms with Gasteiger partial charge in [0.2, 0.25) is 0 Å². The topological polar surface area (TPSA) is 26.3 Å². The first kappa shape index (κ1) is 18.9. The average Bonchev–Trinajstić information content (AvgIpc) is 2.81. The molecule has 0 saturated heterocycles. The molecule has 0 unspecified atom stereocenters. The Morgan fingerprint density at radius 2 is 1.87 bits per heavy atom. The molecular formula is C20H36O2Si. The fourth-order valence-electron chi connectivity index (χ4n) is 5.16. The molecule has 0 N–H and O–H groups in total. The fourth-order valence-corrected chi connectivity index (χ4v) is 6.28. The molecule has 23 heavy (non-hydrogen) atoms. The monoisotopic (exact) mass is 336 g/mol. The maximum atomic E-state index is 12.3. The molecule has 2 nitrogen and oxygen atoms in total. The smallest absolute Gasteiger partial charge is 0.192 e. The number of fused-ring (bicyclic) bond motifs is 1. The van der Waals surface area contributed by atoms with Crippen LogP contribution < -0.4 is 0 Å². The molecule has 0 aliphatic heterocycles. The van der Waals surface area contributed by atoms with Crippen LogP contribution in [0.3, 0.4) is 0 Å². The molecule has 132 valence electrons. The maximum Gasteiger partial charge on any atom is 0.192 e. The lowest BCUT2D eigenvalue weighted by atomic mass is 9.63. The van der Waals surface area contributed by atoms with Crippen molar-refractivity contribution in [3.63, 3.8) is 0 Å². The minimum Gasteiger partial charge on any atom is -0.416 e. The van der Waals surface area contributed by atoms with E-state index < -0.39 is 13.7 Å². The standard InChI is InChI=1S/C20H36O2Si/c1-15-10-11-16-18(5,6)12-19(7,20(15,16)13-21)14-22-23(8,9)17(2,3)4/h13,16H,1,10-12,14H2,2-9H3/t16-,19+,20-/m0/s1. The van der Waals surface area contributed by atoms with E-state index in [1.807, 2.05) is 0 Å². The van der Waals surface area contributed by atoms with Gasteiger partial charge in [0.15, 0.2) is 8.32 Å². The quantitative estimate of drug-likeness (QED) is 0.380. The van der Waals surface area contributed by atoms with Crippen molar-refractivity contribution in [3.05, 3.63) is 12.2 Å². The van der Waals surface area contributed by atoms with Crippen molar-refractivity contribution in [2.75, 3.05) is 6.61 Å². The van der Waals surface area contributed by atoms with E-state index in [1.54, 1.807) is 0 Å². The summed E-state index contributed by atoms with van der Waals surface area (Å²) < 4.78 is 6.60. The molecule has 0 aromatic rings. The van der Waals surface area contributed by atoms with E-state index in [4.69, 9.17) is 4.43 Å². The second-order valence-electron chi connectivity index (χ2n) is 10.5. The van der Waals surface area contributed by atoms with E-state index in [-0.39, 0.29) is 15.9 Å². The number of rotatable bonds is 4. The highest BCUT2D eigenvalue weighted by molar-refractivity contribution is 6.74. The van der Waals surface area contributed by atoms with Crippen LogP contribution in [-0.4, -0.2) is 21.2 Å². The SMILES string of the molecule is C=C1CC[C@H]2C(C)(C)C[C@](C)(CO[Si](C)(C)C(C)(C)C)[C@@]12C=O. The summed E-state index contributed by atoms with van der Waals surface area (Å²) in [7, 11) is -1.82. The number of carbonyl (C=O) groups is 1. The summed E-state index contributed by atoms with van der Waals surface area (Å²) in [5, 5.41) is 0.192. The second-order valence-corrected chi connectivity index (χ2v) is 15.3. The van der Waals surface area contributed by atoms with Crippen LogP contribution in [0.2, 0.25) is 18.1 Å². The van der Waals surface area contributed by atoms with Crippen molar-refractivity contribution in [1.82, 2.24) is 0 Å². The Hall–Kier alpha value is -0.413. The lowest BCUT2D eigenvalue weighted by Gasteiger charge is -2.44. The van der Waals surface area contributed by atoms with Gasteiger partial charge in [-0.25, -0.2) is 0 Å². The van der Waals surface area contributed by atoms with Gasteiger partial charge in [-0.1, -0.05) is 53.7 Å². The zero-order valence-electron chi connectivity index (χ0n) is 16.5. The van der Waals surface area contributed by atoms with Gasteiger partial charge in [-0.2, -0.15) is 0 Å². The first-order chi connectivity index (χ1) is 10.2. The molecule has 0 spiro atoms. The maximum absolute atomic E-state index is 12.3. The van der Waals surface area contributed by atoms with Gasteiger partial charge in [0.1, 0.15) is 6.29 Å². The number of hydrogen-bond acceptors (Lipinski definition) is 2. The molecule has 0 heterocycles. The Kier molecular flexibility index (Phi) is 4.35. The Bertz CT molecular complexity index is 514. The third-order valence-corrected chi connectivity index (χ3v) is 11.9. The molecule has 0 aromatic carbocycles. The van der Waals surface area contributed by atoms with Crippen molar-refractivity contribution in [3.8, 4) is 0 Å². The van der Waals surface area contributed by atoms with Gasteiger partial charge in [0.25, 0.3) is 0 Å². The number of allylic oxidation sites excluding steroid dienone is 1. The number of carbonyl (C=O) groups excluding carboxylic acids is 1. The molecule has 0 amide bonds. The molecule has 2 rings (SSSR count). The summed E-state index contributed by atoms with van der Waals surface area (Å²) in [6, 6.07) is 0. The van der Waals surface area contributed by atoms with Crippen LogP contribution in [0.15, 0.2) is 12.2 Å². The van der Waals surface area contributed by atoms with Crippen LogP contribution in [0, 0.1) is 22.2 Å². The first-order valence-corrected chi connectivity index (χ1v) is 11.9. The third-order valence-electron chi connectivity index (χ3n) is 7.40. The average molecular weight is 337 g/mol. The van der Waals surface area contributed by atoms with Gasteiger partial charge in [-0.15, -0.1) is 0 Å². The summed E-state index contributed by atoms with van der Waals surface area (Å²) in [5.74, 6) is 0.410. The molecule has 0 aromatic heterocycles. The van der Waals surface area contributed by atoms with Crippen molar-refractivity contribution < 1.29 is 9.22 Å². The predicted octanol–water partition coefficient (Wildman–Crippen LogP) is 5.60. The zero-order valence-corrected chi connectivity index (χ0v) is 17.5. The Morgan fingerprint density at radius 3 is 2.35 bits per heavy atom. The minimum atomic E-state index is -1.82. The van der Waals surface area contributed by atoms with E-state index >= 15 is 0 Å². The summed E-state index contributed by atoms with van der Waals surface area (Å²) in [6.45, 7) is 23.3. The number of hydrogen-bond donors (Lipinski definition) is 0. The summed E-state index contributed by atoms with van der Waals surface area (Å²) in [6.07, 6.45) is 4.36. The van der Waals surface area contributed by atoms with Crippen molar-refractivity contribution in [2.24, 2.45) is 22.2 Å². The molecule has 2 aliphatic carbocycles. The molecule has 0 bridgehead atoms. The summed E-state index contributed by atoms with van der Waals surface area (Å²) in [5.41, 5.74) is 0.793. The normalized spacial score (nSPS) is 37.0. The lowest BCUT2D eigenvalue weighted by Crippen LogP contribution is -2.48. The van der Waals surface area contributed by atoms with Gasteiger partial charge in [-0.3, -0.25) is 0 Å². The Balaban J connectivity index is 2.36. The van der Waals surface area contributed by atoms with Crippen LogP contribution >= 0.6 is 0 Å². The molecular weight excluding hydrogens is 300 g/mol. The van der Waals surface area contributed by atoms with Gasteiger partial charge >= 0.3 is 0 Å². The molecule has 2 fully saturated rings. The van der Waals surface area contributed by atoms with E-state index in [0.717, 1.165) is 24.8 Å². The molecule has 2 saturated carbocycles. The molecule has 2 aliphatic rings. The fraction of sp³-hybridized carbons (Fsp3) is 0.850. The van der Waals surface area contributed by atoms with E-state index in [2.05, 4.69) is 61.2 Å². The predicted molar refractivity (Wildman–Crippen MR) is 100 cm³/mol. The molecule has 3 atom stereocenters. The zero-order chi connectivity index (χ0) is 17.9. The van der Waals surface area contributed by atoms with Crippen molar-refractivity contribution in [2.45, 2.75) is 78.9 Å². The van der Waals surface area contributed by atoms with Crippen LogP contribution in [0.1, 0.15) is 60.8 Å². The Morgan fingerprint density at radius 1 is 1.30 bits per heavy atom. The van der Waals surface area contributed by atoms with Gasteiger partial charge < -0.3 is 9.22 Å². The van der Waals surface area contributed by atoms with E-state index in [0.29, 0.717) is 12.5 Å². The second kappa shape index (κ2) is 5.29. The minimum absolute atomic E-state index is 0.133. The summed E-state index contributed by atoms with van der Waals surface area (Å²) >= 11 is 0. The highest BCUT2D eigenvalue weighted by Gasteiger charge is 2.67. The highest BCUT2D eigenvalue weighted by atomic mass is 28.4. The van der Waals surface area contributed by atoms with E-state index in [9.17, 15) is 4.79 Å². The van der Waals surface area contributed by atoms with Crippen LogP contribution in [0.5, 0.6) is 0 Å². The van der Waals surface area contributed by atoms with Crippen molar-refractivity contribution in [1.29, 1.82) is 0 Å². The van der Waals surface area contributed by atoms with Gasteiger partial charge in [-0.05, 0) is 48.7 Å². The highest BCUT2D eigenvalue weighted by Crippen LogP contribution is 2.70. The summed E-state index contributed by atoms with van der Waals surface area (Å²) in [4.78, 5) is 12.3. The Labute approximate surface area is 144 Å².